The van der Waals surface area contributed by atoms with Gasteiger partial charge in [-0.05, 0) is 29.9 Å². The van der Waals surface area contributed by atoms with E-state index in [1.807, 2.05) is 0 Å². The number of rotatable bonds is 4. The van der Waals surface area contributed by atoms with E-state index in [2.05, 4.69) is 24.0 Å². The molecule has 8 heteroatoms. The molecule has 140 valence electrons. The minimum absolute atomic E-state index is 0.0405. The standard InChI is InChI=1S/C18H24N4O3S/c1-18(2)14(12-8-9-13(20-10-12)26(19,23)24)15(18)17-21-16(22-25-17)11-6-4-3-5-7-11/h8-11,14-15H,3-7H2,1-2H3,(H2,19,23,24)/t14-,15+/m0/s1. The van der Waals surface area contributed by atoms with E-state index in [9.17, 15) is 8.42 Å². The molecular weight excluding hydrogens is 352 g/mol. The first-order valence-electron chi connectivity index (χ1n) is 9.11. The predicted octanol–water partition coefficient (Wildman–Crippen LogP) is 3.07. The second-order valence-electron chi connectivity index (χ2n) is 8.08. The van der Waals surface area contributed by atoms with Crippen LogP contribution in [0.2, 0.25) is 0 Å². The van der Waals surface area contributed by atoms with Gasteiger partial charge in [0.05, 0.1) is 5.92 Å². The highest BCUT2D eigenvalue weighted by atomic mass is 32.2. The van der Waals surface area contributed by atoms with E-state index >= 15 is 0 Å². The molecule has 0 bridgehead atoms. The van der Waals surface area contributed by atoms with E-state index in [-0.39, 0.29) is 22.3 Å². The van der Waals surface area contributed by atoms with Crippen LogP contribution in [-0.2, 0) is 10.0 Å². The lowest BCUT2D eigenvalue weighted by atomic mass is 9.89. The lowest BCUT2D eigenvalue weighted by Crippen LogP contribution is -2.13. The summed E-state index contributed by atoms with van der Waals surface area (Å²) in [5.41, 5.74) is 0.922. The topological polar surface area (TPSA) is 112 Å². The molecule has 0 saturated heterocycles. The number of nitrogens with zero attached hydrogens (tertiary/aromatic N) is 3. The summed E-state index contributed by atoms with van der Waals surface area (Å²) in [5.74, 6) is 2.22. The molecule has 2 N–H and O–H groups in total. The summed E-state index contributed by atoms with van der Waals surface area (Å²) in [6.07, 6.45) is 7.61. The van der Waals surface area contributed by atoms with Gasteiger partial charge in [0, 0.05) is 18.0 Å². The molecule has 2 aliphatic carbocycles. The van der Waals surface area contributed by atoms with Gasteiger partial charge in [0.15, 0.2) is 10.9 Å². The van der Waals surface area contributed by atoms with Gasteiger partial charge in [0.1, 0.15) is 0 Å². The van der Waals surface area contributed by atoms with E-state index in [1.54, 1.807) is 12.3 Å². The van der Waals surface area contributed by atoms with Crippen molar-refractivity contribution in [1.82, 2.24) is 15.1 Å². The molecule has 4 rings (SSSR count). The first-order chi connectivity index (χ1) is 12.3. The van der Waals surface area contributed by atoms with Crippen molar-refractivity contribution in [3.05, 3.63) is 35.6 Å². The van der Waals surface area contributed by atoms with E-state index in [0.717, 1.165) is 24.2 Å². The summed E-state index contributed by atoms with van der Waals surface area (Å²) in [6.45, 7) is 4.31. The maximum atomic E-state index is 11.4. The Bertz CT molecular complexity index is 899. The van der Waals surface area contributed by atoms with Gasteiger partial charge in [-0.1, -0.05) is 44.3 Å². The van der Waals surface area contributed by atoms with Gasteiger partial charge in [-0.15, -0.1) is 0 Å². The first kappa shape index (κ1) is 17.6. The molecule has 0 radical (unpaired) electrons. The summed E-state index contributed by atoms with van der Waals surface area (Å²) in [6, 6.07) is 3.23. The fourth-order valence-electron chi connectivity index (χ4n) is 4.36. The van der Waals surface area contributed by atoms with Crippen molar-refractivity contribution in [2.24, 2.45) is 10.6 Å². The molecule has 0 amide bonds. The van der Waals surface area contributed by atoms with Crippen LogP contribution in [0, 0.1) is 5.41 Å². The fourth-order valence-corrected chi connectivity index (χ4v) is 4.82. The molecule has 26 heavy (non-hydrogen) atoms. The summed E-state index contributed by atoms with van der Waals surface area (Å²) in [4.78, 5) is 8.71. The van der Waals surface area contributed by atoms with E-state index in [4.69, 9.17) is 14.6 Å². The van der Waals surface area contributed by atoms with Gasteiger partial charge in [0.25, 0.3) is 10.0 Å². The third-order valence-electron chi connectivity index (χ3n) is 5.93. The van der Waals surface area contributed by atoms with Crippen molar-refractivity contribution in [3.63, 3.8) is 0 Å². The van der Waals surface area contributed by atoms with E-state index < -0.39 is 10.0 Å². The Kier molecular flexibility index (Phi) is 4.15. The van der Waals surface area contributed by atoms with Gasteiger partial charge >= 0.3 is 0 Å². The third kappa shape index (κ3) is 3.05. The van der Waals surface area contributed by atoms with E-state index in [0.29, 0.717) is 11.8 Å². The fraction of sp³-hybridized carbons (Fsp3) is 0.611. The highest BCUT2D eigenvalue weighted by Crippen LogP contribution is 2.69. The molecule has 2 aromatic rings. The molecule has 2 atom stereocenters. The lowest BCUT2D eigenvalue weighted by Gasteiger charge is -2.17. The highest BCUT2D eigenvalue weighted by molar-refractivity contribution is 7.89. The van der Waals surface area contributed by atoms with Crippen LogP contribution in [0.5, 0.6) is 0 Å². The number of primary sulfonamides is 1. The van der Waals surface area contributed by atoms with Crippen LogP contribution in [0.4, 0.5) is 0 Å². The zero-order valence-corrected chi connectivity index (χ0v) is 15.9. The Morgan fingerprint density at radius 3 is 2.50 bits per heavy atom. The Hall–Kier alpha value is -1.80. The predicted molar refractivity (Wildman–Crippen MR) is 95.0 cm³/mol. The van der Waals surface area contributed by atoms with Gasteiger partial charge < -0.3 is 4.52 Å². The monoisotopic (exact) mass is 376 g/mol. The second-order valence-corrected chi connectivity index (χ2v) is 9.59. The van der Waals surface area contributed by atoms with Crippen molar-refractivity contribution >= 4 is 10.0 Å². The Balaban J connectivity index is 1.55. The Morgan fingerprint density at radius 2 is 1.88 bits per heavy atom. The largest absolute Gasteiger partial charge is 0.339 e. The second kappa shape index (κ2) is 6.13. The molecule has 2 heterocycles. The minimum atomic E-state index is -3.78. The van der Waals surface area contributed by atoms with Crippen LogP contribution in [0.15, 0.2) is 27.9 Å². The smallest absolute Gasteiger partial charge is 0.255 e. The van der Waals surface area contributed by atoms with Gasteiger partial charge in [-0.2, -0.15) is 4.98 Å². The SMILES string of the molecule is CC1(C)[C@@H](c2ccc(S(N)(=O)=O)nc2)[C@@H]1c1nc(C2CCCCC2)no1. The molecule has 0 spiro atoms. The molecule has 2 aliphatic rings. The summed E-state index contributed by atoms with van der Waals surface area (Å²) < 4.78 is 28.4. The van der Waals surface area contributed by atoms with Crippen LogP contribution >= 0.6 is 0 Å². The number of sulfonamides is 1. The zero-order valence-electron chi connectivity index (χ0n) is 15.1. The number of nitrogens with two attached hydrogens (primary N) is 1. The van der Waals surface area contributed by atoms with Crippen molar-refractivity contribution in [2.75, 3.05) is 0 Å². The molecule has 0 aromatic carbocycles. The lowest BCUT2D eigenvalue weighted by molar-refractivity contribution is 0.351. The summed E-state index contributed by atoms with van der Waals surface area (Å²) >= 11 is 0. The average molecular weight is 376 g/mol. The van der Waals surface area contributed by atoms with Crippen LogP contribution in [0.3, 0.4) is 0 Å². The van der Waals surface area contributed by atoms with Crippen molar-refractivity contribution < 1.29 is 12.9 Å². The number of pyridine rings is 1. The zero-order chi connectivity index (χ0) is 18.5. The molecular formula is C18H24N4O3S. The van der Waals surface area contributed by atoms with Crippen LogP contribution in [0.1, 0.15) is 81.0 Å². The summed E-state index contributed by atoms with van der Waals surface area (Å²) in [5, 5.41) is 9.25. The third-order valence-corrected chi connectivity index (χ3v) is 6.76. The Labute approximate surface area is 153 Å². The molecule has 2 aromatic heterocycles. The maximum Gasteiger partial charge on any atom is 0.255 e. The van der Waals surface area contributed by atoms with Crippen molar-refractivity contribution in [1.29, 1.82) is 0 Å². The van der Waals surface area contributed by atoms with Crippen LogP contribution in [-0.4, -0.2) is 23.5 Å². The summed E-state index contributed by atoms with van der Waals surface area (Å²) in [7, 11) is -3.78. The van der Waals surface area contributed by atoms with Gasteiger partial charge in [-0.3, -0.25) is 0 Å². The highest BCUT2D eigenvalue weighted by Gasteiger charge is 2.62. The van der Waals surface area contributed by atoms with Crippen molar-refractivity contribution in [3.8, 4) is 0 Å². The van der Waals surface area contributed by atoms with Gasteiger partial charge in [-0.25, -0.2) is 18.5 Å². The minimum Gasteiger partial charge on any atom is -0.339 e. The van der Waals surface area contributed by atoms with Gasteiger partial charge in [0.2, 0.25) is 5.89 Å². The molecule has 7 nitrogen and oxygen atoms in total. The quantitative estimate of drug-likeness (QED) is 0.877. The number of hydrogen-bond acceptors (Lipinski definition) is 6. The molecule has 2 fully saturated rings. The number of hydrogen-bond donors (Lipinski definition) is 1. The average Bonchev–Trinajstić information content (AvgIpc) is 2.95. The normalized spacial score (nSPS) is 26.0. The first-order valence-corrected chi connectivity index (χ1v) is 10.7. The van der Waals surface area contributed by atoms with Crippen LogP contribution < -0.4 is 5.14 Å². The van der Waals surface area contributed by atoms with E-state index in [1.165, 1.54) is 25.3 Å². The van der Waals surface area contributed by atoms with Crippen LogP contribution in [0.25, 0.3) is 0 Å². The molecule has 0 aliphatic heterocycles. The molecule has 0 unspecified atom stereocenters. The number of aromatic nitrogens is 3. The van der Waals surface area contributed by atoms with Crippen molar-refractivity contribution in [2.45, 2.75) is 68.7 Å². The molecule has 2 saturated carbocycles. The maximum absolute atomic E-state index is 11.4. The Morgan fingerprint density at radius 1 is 1.15 bits per heavy atom.